The van der Waals surface area contributed by atoms with E-state index < -0.39 is 6.10 Å². The van der Waals surface area contributed by atoms with Crippen molar-refractivity contribution in [1.82, 2.24) is 5.32 Å². The molecule has 4 nitrogen and oxygen atoms in total. The molecule has 2 unspecified atom stereocenters. The highest BCUT2D eigenvalue weighted by atomic mass is 35.5. The van der Waals surface area contributed by atoms with Crippen LogP contribution in [0, 0.1) is 0 Å². The van der Waals surface area contributed by atoms with Crippen LogP contribution in [-0.4, -0.2) is 21.4 Å². The number of nitrogens with one attached hydrogen (secondary N) is 1. The summed E-state index contributed by atoms with van der Waals surface area (Å²) in [5, 5.41) is 32.0. The van der Waals surface area contributed by atoms with Gasteiger partial charge in [-0.05, 0) is 48.7 Å². The third kappa shape index (κ3) is 5.56. The van der Waals surface area contributed by atoms with E-state index in [1.807, 2.05) is 19.1 Å². The summed E-state index contributed by atoms with van der Waals surface area (Å²) in [5.41, 5.74) is 1.88. The summed E-state index contributed by atoms with van der Waals surface area (Å²) in [7, 11) is 0. The van der Waals surface area contributed by atoms with Crippen molar-refractivity contribution >= 4 is 0 Å². The average Bonchev–Trinajstić information content (AvgIpc) is 2.47. The summed E-state index contributed by atoms with van der Waals surface area (Å²) >= 11 is 0. The van der Waals surface area contributed by atoms with Crippen molar-refractivity contribution < 1.29 is 27.7 Å². The number of hydrogen-bond donors (Lipinski definition) is 4. The molecule has 0 fully saturated rings. The molecule has 0 aliphatic carbocycles. The van der Waals surface area contributed by atoms with Crippen LogP contribution < -0.4 is 17.7 Å². The zero-order valence-corrected chi connectivity index (χ0v) is 13.2. The van der Waals surface area contributed by atoms with E-state index >= 15 is 0 Å². The van der Waals surface area contributed by atoms with Gasteiger partial charge in [-0.1, -0.05) is 24.3 Å². The van der Waals surface area contributed by atoms with Gasteiger partial charge in [0.2, 0.25) is 0 Å². The van der Waals surface area contributed by atoms with Crippen LogP contribution in [0.5, 0.6) is 11.5 Å². The third-order valence-electron chi connectivity index (χ3n) is 3.45. The van der Waals surface area contributed by atoms with Gasteiger partial charge in [0, 0.05) is 12.6 Å². The van der Waals surface area contributed by atoms with Gasteiger partial charge in [-0.2, -0.15) is 0 Å². The van der Waals surface area contributed by atoms with Crippen LogP contribution in [0.1, 0.15) is 30.6 Å². The standard InChI is InChI=1S/C17H21NO3.ClH/c1-12(18-11-13-2-6-15(19)7-3-13)10-17(21)14-4-8-16(20)9-5-14;/h2-9,12,17-21H,10-11H2,1H3;1H/p-1. The van der Waals surface area contributed by atoms with E-state index in [2.05, 4.69) is 5.32 Å². The lowest BCUT2D eigenvalue weighted by Crippen LogP contribution is -3.00. The molecule has 2 rings (SSSR count). The first kappa shape index (κ1) is 18.3. The molecule has 4 N–H and O–H groups in total. The predicted octanol–water partition coefficient (Wildman–Crippen LogP) is -0.296. The maximum absolute atomic E-state index is 10.2. The Hall–Kier alpha value is -1.75. The van der Waals surface area contributed by atoms with Gasteiger partial charge in [-0.25, -0.2) is 0 Å². The van der Waals surface area contributed by atoms with Crippen LogP contribution in [-0.2, 0) is 6.54 Å². The molecule has 2 atom stereocenters. The van der Waals surface area contributed by atoms with Crippen molar-refractivity contribution in [2.45, 2.75) is 32.0 Å². The Morgan fingerprint density at radius 2 is 1.41 bits per heavy atom. The molecule has 0 heterocycles. The first-order valence-corrected chi connectivity index (χ1v) is 7.03. The normalized spacial score (nSPS) is 13.2. The number of rotatable bonds is 6. The zero-order valence-electron chi connectivity index (χ0n) is 12.4. The van der Waals surface area contributed by atoms with Crippen molar-refractivity contribution in [3.8, 4) is 11.5 Å². The third-order valence-corrected chi connectivity index (χ3v) is 3.45. The molecule has 0 spiro atoms. The summed E-state index contributed by atoms with van der Waals surface area (Å²) in [6.07, 6.45) is 0.0241. The molecule has 0 saturated heterocycles. The summed E-state index contributed by atoms with van der Waals surface area (Å²) in [5.74, 6) is 0.457. The SMILES string of the molecule is CC(CC(O)c1ccc(O)cc1)NCc1ccc(O)cc1.[Cl-]. The van der Waals surface area contributed by atoms with Gasteiger partial charge >= 0.3 is 0 Å². The van der Waals surface area contributed by atoms with Gasteiger partial charge in [0.05, 0.1) is 6.10 Å². The molecule has 22 heavy (non-hydrogen) atoms. The lowest BCUT2D eigenvalue weighted by molar-refractivity contribution is -0.00000886. The summed E-state index contributed by atoms with van der Waals surface area (Å²) in [4.78, 5) is 0. The van der Waals surface area contributed by atoms with Crippen LogP contribution >= 0.6 is 0 Å². The maximum atomic E-state index is 10.2. The fraction of sp³-hybridized carbons (Fsp3) is 0.294. The van der Waals surface area contributed by atoms with Crippen LogP contribution in [0.25, 0.3) is 0 Å². The Kier molecular flexibility index (Phi) is 7.18. The topological polar surface area (TPSA) is 72.7 Å². The lowest BCUT2D eigenvalue weighted by Gasteiger charge is -2.18. The van der Waals surface area contributed by atoms with Crippen LogP contribution in [0.15, 0.2) is 48.5 Å². The summed E-state index contributed by atoms with van der Waals surface area (Å²) < 4.78 is 0. The van der Waals surface area contributed by atoms with Gasteiger partial charge in [-0.15, -0.1) is 0 Å². The maximum Gasteiger partial charge on any atom is 0.115 e. The van der Waals surface area contributed by atoms with E-state index in [1.165, 1.54) is 0 Å². The second-order valence-corrected chi connectivity index (χ2v) is 5.29. The first-order valence-electron chi connectivity index (χ1n) is 7.03. The van der Waals surface area contributed by atoms with Crippen molar-refractivity contribution in [1.29, 1.82) is 0 Å². The van der Waals surface area contributed by atoms with E-state index in [4.69, 9.17) is 0 Å². The Labute approximate surface area is 136 Å². The fourth-order valence-electron chi connectivity index (χ4n) is 2.16. The van der Waals surface area contributed by atoms with Gasteiger partial charge in [-0.3, -0.25) is 0 Å². The molecule has 0 aliphatic rings. The molecule has 2 aromatic rings. The highest BCUT2D eigenvalue weighted by Crippen LogP contribution is 2.21. The van der Waals surface area contributed by atoms with Gasteiger partial charge in [0.25, 0.3) is 0 Å². The van der Waals surface area contributed by atoms with Crippen LogP contribution in [0.2, 0.25) is 0 Å². The molecule has 2 aromatic carbocycles. The minimum absolute atomic E-state index is 0. The highest BCUT2D eigenvalue weighted by molar-refractivity contribution is 5.27. The smallest absolute Gasteiger partial charge is 0.115 e. The zero-order chi connectivity index (χ0) is 15.2. The number of benzene rings is 2. The monoisotopic (exact) mass is 322 g/mol. The Bertz CT molecular complexity index is 557. The highest BCUT2D eigenvalue weighted by Gasteiger charge is 2.12. The Morgan fingerprint density at radius 1 is 0.909 bits per heavy atom. The summed E-state index contributed by atoms with van der Waals surface area (Å²) in [6.45, 7) is 2.70. The van der Waals surface area contributed by atoms with Crippen LogP contribution in [0.4, 0.5) is 0 Å². The molecule has 0 amide bonds. The Balaban J connectivity index is 0.00000242. The number of aliphatic hydroxyl groups is 1. The second kappa shape index (κ2) is 8.63. The number of aliphatic hydroxyl groups excluding tert-OH is 1. The fourth-order valence-corrected chi connectivity index (χ4v) is 2.16. The average molecular weight is 323 g/mol. The van der Waals surface area contributed by atoms with Crippen molar-refractivity contribution in [2.75, 3.05) is 0 Å². The van der Waals surface area contributed by atoms with Crippen LogP contribution in [0.3, 0.4) is 0 Å². The van der Waals surface area contributed by atoms with Crippen molar-refractivity contribution in [2.24, 2.45) is 0 Å². The number of hydrogen-bond acceptors (Lipinski definition) is 4. The lowest BCUT2D eigenvalue weighted by atomic mass is 10.0. The molecule has 5 heteroatoms. The molecule has 0 radical (unpaired) electrons. The largest absolute Gasteiger partial charge is 1.00 e. The predicted molar refractivity (Wildman–Crippen MR) is 82.1 cm³/mol. The minimum Gasteiger partial charge on any atom is -1.00 e. The van der Waals surface area contributed by atoms with Crippen molar-refractivity contribution in [3.05, 3.63) is 59.7 Å². The molecule has 120 valence electrons. The van der Waals surface area contributed by atoms with E-state index in [-0.39, 0.29) is 29.9 Å². The Morgan fingerprint density at radius 3 is 1.95 bits per heavy atom. The quantitative estimate of drug-likeness (QED) is 0.589. The molecule has 0 saturated carbocycles. The molecule has 0 bridgehead atoms. The molecule has 0 aromatic heterocycles. The minimum atomic E-state index is -0.562. The van der Waals surface area contributed by atoms with Gasteiger partial charge in [0.15, 0.2) is 0 Å². The summed E-state index contributed by atoms with van der Waals surface area (Å²) in [6, 6.07) is 13.8. The van der Waals surface area contributed by atoms with Crippen molar-refractivity contribution in [3.63, 3.8) is 0 Å². The molecule has 0 aliphatic heterocycles. The van der Waals surface area contributed by atoms with E-state index in [0.717, 1.165) is 11.1 Å². The number of halogens is 1. The van der Waals surface area contributed by atoms with Gasteiger partial charge < -0.3 is 33.0 Å². The first-order chi connectivity index (χ1) is 10.0. The van der Waals surface area contributed by atoms with E-state index in [0.29, 0.717) is 13.0 Å². The van der Waals surface area contributed by atoms with E-state index in [9.17, 15) is 15.3 Å². The number of phenolic OH excluding ortho intramolecular Hbond substituents is 2. The van der Waals surface area contributed by atoms with Gasteiger partial charge in [0.1, 0.15) is 11.5 Å². The second-order valence-electron chi connectivity index (χ2n) is 5.29. The van der Waals surface area contributed by atoms with E-state index in [1.54, 1.807) is 36.4 Å². The number of aromatic hydroxyl groups is 2. The molecular formula is C17H21ClNO3-. The number of phenols is 2. The molecular weight excluding hydrogens is 302 g/mol.